The quantitative estimate of drug-likeness (QED) is 0.760. The van der Waals surface area contributed by atoms with E-state index in [2.05, 4.69) is 11.8 Å². The Balaban J connectivity index is 2.78. The highest BCUT2D eigenvalue weighted by Crippen LogP contribution is 2.17. The van der Waals surface area contributed by atoms with E-state index in [-0.39, 0.29) is 12.6 Å². The molecule has 0 amide bonds. The van der Waals surface area contributed by atoms with E-state index in [1.165, 1.54) is 5.56 Å². The van der Waals surface area contributed by atoms with Crippen molar-refractivity contribution in [2.24, 2.45) is 0 Å². The molecule has 72 valence electrons. The number of nitrogens with zero attached hydrogens (tertiary/aromatic N) is 1. The zero-order valence-corrected chi connectivity index (χ0v) is 8.27. The van der Waals surface area contributed by atoms with Crippen LogP contribution in [0.4, 0.5) is 0 Å². The van der Waals surface area contributed by atoms with Crippen molar-refractivity contribution in [1.82, 2.24) is 4.90 Å². The average molecular weight is 179 g/mol. The predicted octanol–water partition coefficient (Wildman–Crippen LogP) is 1.67. The Morgan fingerprint density at radius 3 is 2.38 bits per heavy atom. The van der Waals surface area contributed by atoms with Crippen molar-refractivity contribution >= 4 is 0 Å². The van der Waals surface area contributed by atoms with Crippen LogP contribution in [0, 0.1) is 0 Å². The molecule has 13 heavy (non-hydrogen) atoms. The fraction of sp³-hybridized carbons (Fsp3) is 0.455. The Bertz CT molecular complexity index is 235. The van der Waals surface area contributed by atoms with Gasteiger partial charge in [0, 0.05) is 0 Å². The van der Waals surface area contributed by atoms with Gasteiger partial charge in [0.2, 0.25) is 0 Å². The summed E-state index contributed by atoms with van der Waals surface area (Å²) in [6.45, 7) is 3.21. The molecule has 1 rings (SSSR count). The molecular weight excluding hydrogens is 162 g/mol. The van der Waals surface area contributed by atoms with Crippen molar-refractivity contribution in [2.45, 2.75) is 13.0 Å². The van der Waals surface area contributed by atoms with Crippen molar-refractivity contribution < 1.29 is 5.11 Å². The van der Waals surface area contributed by atoms with Gasteiger partial charge >= 0.3 is 0 Å². The third kappa shape index (κ3) is 2.54. The Kier molecular flexibility index (Phi) is 3.93. The zero-order chi connectivity index (χ0) is 9.68. The highest BCUT2D eigenvalue weighted by Gasteiger charge is 2.13. The summed E-state index contributed by atoms with van der Waals surface area (Å²) in [5.41, 5.74) is 1.18. The van der Waals surface area contributed by atoms with E-state index in [4.69, 9.17) is 0 Å². The number of hydrogen-bond donors (Lipinski definition) is 1. The van der Waals surface area contributed by atoms with Crippen LogP contribution in [0.1, 0.15) is 18.5 Å². The van der Waals surface area contributed by atoms with E-state index in [1.54, 1.807) is 0 Å². The van der Waals surface area contributed by atoms with Crippen LogP contribution in [0.5, 0.6) is 0 Å². The molecule has 1 aromatic carbocycles. The van der Waals surface area contributed by atoms with Crippen LogP contribution < -0.4 is 0 Å². The molecule has 0 aliphatic rings. The van der Waals surface area contributed by atoms with Crippen LogP contribution in [-0.4, -0.2) is 30.2 Å². The molecule has 0 saturated heterocycles. The molecule has 2 heteroatoms. The summed E-state index contributed by atoms with van der Waals surface area (Å²) >= 11 is 0. The zero-order valence-electron chi connectivity index (χ0n) is 8.27. The minimum atomic E-state index is 0.131. The second-order valence-electron chi connectivity index (χ2n) is 3.18. The van der Waals surface area contributed by atoms with Gasteiger partial charge in [-0.05, 0) is 19.2 Å². The second-order valence-corrected chi connectivity index (χ2v) is 3.18. The Hall–Kier alpha value is -0.860. The maximum absolute atomic E-state index is 9.24. The molecule has 0 aliphatic carbocycles. The van der Waals surface area contributed by atoms with Crippen LogP contribution >= 0.6 is 0 Å². The summed E-state index contributed by atoms with van der Waals surface area (Å²) in [5, 5.41) is 9.24. The molecule has 0 spiro atoms. The summed E-state index contributed by atoms with van der Waals surface area (Å²) in [7, 11) is 2.02. The van der Waals surface area contributed by atoms with Crippen molar-refractivity contribution in [3.05, 3.63) is 35.9 Å². The van der Waals surface area contributed by atoms with Crippen LogP contribution in [0.3, 0.4) is 0 Å². The van der Waals surface area contributed by atoms with Crippen LogP contribution in [0.15, 0.2) is 30.3 Å². The summed E-state index contributed by atoms with van der Waals surface area (Å²) < 4.78 is 0. The normalized spacial score (nSPS) is 13.2. The summed E-state index contributed by atoms with van der Waals surface area (Å²) in [6, 6.07) is 10.2. The van der Waals surface area contributed by atoms with Gasteiger partial charge in [0.25, 0.3) is 0 Å². The number of likely N-dealkylation sites (N-methyl/N-ethyl adjacent to an activating group) is 1. The minimum absolute atomic E-state index is 0.131. The van der Waals surface area contributed by atoms with E-state index in [1.807, 2.05) is 37.4 Å². The number of hydrogen-bond acceptors (Lipinski definition) is 2. The second kappa shape index (κ2) is 5.00. The van der Waals surface area contributed by atoms with E-state index in [0.29, 0.717) is 0 Å². The van der Waals surface area contributed by atoms with Crippen molar-refractivity contribution in [3.63, 3.8) is 0 Å². The van der Waals surface area contributed by atoms with E-state index in [9.17, 15) is 5.11 Å². The van der Waals surface area contributed by atoms with E-state index < -0.39 is 0 Å². The number of rotatable bonds is 4. The predicted molar refractivity (Wildman–Crippen MR) is 54.6 cm³/mol. The van der Waals surface area contributed by atoms with Gasteiger partial charge in [-0.2, -0.15) is 0 Å². The van der Waals surface area contributed by atoms with E-state index in [0.717, 1.165) is 6.54 Å². The molecule has 0 fully saturated rings. The van der Waals surface area contributed by atoms with Gasteiger partial charge in [0.1, 0.15) is 0 Å². The van der Waals surface area contributed by atoms with Gasteiger partial charge in [-0.25, -0.2) is 0 Å². The third-order valence-electron chi connectivity index (χ3n) is 2.39. The lowest BCUT2D eigenvalue weighted by atomic mass is 10.1. The fourth-order valence-electron chi connectivity index (χ4n) is 1.39. The Morgan fingerprint density at radius 2 is 1.92 bits per heavy atom. The summed E-state index contributed by atoms with van der Waals surface area (Å²) in [5.74, 6) is 0. The molecule has 0 saturated carbocycles. The van der Waals surface area contributed by atoms with Gasteiger partial charge in [0.15, 0.2) is 0 Å². The van der Waals surface area contributed by atoms with Crippen molar-refractivity contribution in [3.8, 4) is 0 Å². The molecular formula is C11H17NO. The maximum atomic E-state index is 9.24. The van der Waals surface area contributed by atoms with Gasteiger partial charge in [-0.3, -0.25) is 4.90 Å². The van der Waals surface area contributed by atoms with Gasteiger partial charge in [-0.1, -0.05) is 37.3 Å². The van der Waals surface area contributed by atoms with Gasteiger partial charge in [0.05, 0.1) is 12.6 Å². The summed E-state index contributed by atoms with van der Waals surface area (Å²) in [6.07, 6.45) is 0. The lowest BCUT2D eigenvalue weighted by molar-refractivity contribution is 0.153. The topological polar surface area (TPSA) is 23.5 Å². The first-order valence-electron chi connectivity index (χ1n) is 4.65. The smallest absolute Gasteiger partial charge is 0.0628 e. The molecule has 1 aromatic rings. The van der Waals surface area contributed by atoms with Crippen LogP contribution in [0.2, 0.25) is 0 Å². The first kappa shape index (κ1) is 10.2. The minimum Gasteiger partial charge on any atom is -0.394 e. The molecule has 0 radical (unpaired) electrons. The lowest BCUT2D eigenvalue weighted by Crippen LogP contribution is -2.26. The molecule has 1 unspecified atom stereocenters. The van der Waals surface area contributed by atoms with Crippen LogP contribution in [-0.2, 0) is 0 Å². The molecule has 2 nitrogen and oxygen atoms in total. The fourth-order valence-corrected chi connectivity index (χ4v) is 1.39. The summed E-state index contributed by atoms with van der Waals surface area (Å²) in [4.78, 5) is 2.13. The molecule has 0 aliphatic heterocycles. The maximum Gasteiger partial charge on any atom is 0.0628 e. The number of benzene rings is 1. The molecule has 0 aromatic heterocycles. The molecule has 1 atom stereocenters. The Morgan fingerprint density at radius 1 is 1.31 bits per heavy atom. The van der Waals surface area contributed by atoms with E-state index >= 15 is 0 Å². The average Bonchev–Trinajstić information content (AvgIpc) is 2.20. The SMILES string of the molecule is CCN(C)C(CO)c1ccccc1. The largest absolute Gasteiger partial charge is 0.394 e. The van der Waals surface area contributed by atoms with Gasteiger partial charge in [-0.15, -0.1) is 0 Å². The lowest BCUT2D eigenvalue weighted by Gasteiger charge is -2.25. The monoisotopic (exact) mass is 179 g/mol. The first-order chi connectivity index (χ1) is 6.29. The number of aliphatic hydroxyl groups excluding tert-OH is 1. The standard InChI is InChI=1S/C11H17NO/c1-3-12(2)11(9-13)10-7-5-4-6-8-10/h4-8,11,13H,3,9H2,1-2H3. The highest BCUT2D eigenvalue weighted by molar-refractivity contribution is 5.18. The van der Waals surface area contributed by atoms with Crippen molar-refractivity contribution in [2.75, 3.05) is 20.2 Å². The molecule has 0 bridgehead atoms. The van der Waals surface area contributed by atoms with Crippen molar-refractivity contribution in [1.29, 1.82) is 0 Å². The highest BCUT2D eigenvalue weighted by atomic mass is 16.3. The van der Waals surface area contributed by atoms with Crippen LogP contribution in [0.25, 0.3) is 0 Å². The third-order valence-corrected chi connectivity index (χ3v) is 2.39. The first-order valence-corrected chi connectivity index (χ1v) is 4.65. The molecule has 0 heterocycles. The number of aliphatic hydroxyl groups is 1. The Labute approximate surface area is 79.8 Å². The van der Waals surface area contributed by atoms with Gasteiger partial charge < -0.3 is 5.11 Å². The molecule has 1 N–H and O–H groups in total.